The first-order valence-corrected chi connectivity index (χ1v) is 13.0. The summed E-state index contributed by atoms with van der Waals surface area (Å²) in [6.45, 7) is 2.39. The Bertz CT molecular complexity index is 330. The second kappa shape index (κ2) is 23.9. The maximum absolute atomic E-state index is 11.5. The maximum atomic E-state index is 11.5. The second-order valence-corrected chi connectivity index (χ2v) is 9.00. The first kappa shape index (κ1) is 28.6. The molecule has 0 aliphatic heterocycles. The number of aliphatic hydroxyl groups is 2. The lowest BCUT2D eigenvalue weighted by molar-refractivity contribution is -0.119. The summed E-state index contributed by atoms with van der Waals surface area (Å²) in [6.07, 6.45) is 25.5. The van der Waals surface area contributed by atoms with E-state index < -0.39 is 0 Å². The van der Waals surface area contributed by atoms with E-state index in [1.165, 1.54) is 89.9 Å². The third kappa shape index (κ3) is 23.7. The second-order valence-electron chi connectivity index (χ2n) is 9.00. The Morgan fingerprint density at radius 1 is 0.586 bits per heavy atom. The Morgan fingerprint density at radius 2 is 0.966 bits per heavy atom. The molecule has 0 heterocycles. The third-order valence-corrected chi connectivity index (χ3v) is 6.00. The van der Waals surface area contributed by atoms with Crippen molar-refractivity contribution in [3.8, 4) is 0 Å². The zero-order valence-electron chi connectivity index (χ0n) is 19.6. The van der Waals surface area contributed by atoms with E-state index >= 15 is 0 Å². The van der Waals surface area contributed by atoms with Crippen LogP contribution in [-0.4, -0.2) is 28.7 Å². The molecule has 1 unspecified atom stereocenters. The molecule has 2 N–H and O–H groups in total. The summed E-state index contributed by atoms with van der Waals surface area (Å²) in [4.78, 5) is 11.5. The highest BCUT2D eigenvalue weighted by Crippen LogP contribution is 2.15. The van der Waals surface area contributed by atoms with E-state index in [-0.39, 0.29) is 18.5 Å². The third-order valence-electron chi connectivity index (χ3n) is 6.00. The minimum Gasteiger partial charge on any atom is -0.396 e. The van der Waals surface area contributed by atoms with Gasteiger partial charge in [-0.1, -0.05) is 110 Å². The summed E-state index contributed by atoms with van der Waals surface area (Å²) in [5.74, 6) is 0.289. The minimum atomic E-state index is -0.113. The molecule has 0 aromatic carbocycles. The molecule has 0 saturated carbocycles. The lowest BCUT2D eigenvalue weighted by Gasteiger charge is -2.10. The molecule has 3 heteroatoms. The van der Waals surface area contributed by atoms with Gasteiger partial charge >= 0.3 is 0 Å². The molecule has 0 spiro atoms. The van der Waals surface area contributed by atoms with Crippen LogP contribution in [0.4, 0.5) is 0 Å². The highest BCUT2D eigenvalue weighted by molar-refractivity contribution is 5.78. The van der Waals surface area contributed by atoms with Gasteiger partial charge in [0.2, 0.25) is 0 Å². The van der Waals surface area contributed by atoms with E-state index in [0.29, 0.717) is 19.3 Å². The molecule has 0 aromatic rings. The van der Waals surface area contributed by atoms with Crippen LogP contribution in [0, 0.1) is 0 Å². The van der Waals surface area contributed by atoms with Gasteiger partial charge in [-0.15, -0.1) is 0 Å². The van der Waals surface area contributed by atoms with Crippen molar-refractivity contribution in [1.29, 1.82) is 0 Å². The van der Waals surface area contributed by atoms with Crippen LogP contribution in [0.2, 0.25) is 0 Å². The lowest BCUT2D eigenvalue weighted by atomic mass is 10.0. The quantitative estimate of drug-likeness (QED) is 0.161. The van der Waals surface area contributed by atoms with Crippen LogP contribution in [0.5, 0.6) is 0 Å². The fourth-order valence-electron chi connectivity index (χ4n) is 4.00. The van der Waals surface area contributed by atoms with Gasteiger partial charge in [0.15, 0.2) is 0 Å². The van der Waals surface area contributed by atoms with Gasteiger partial charge in [0, 0.05) is 19.4 Å². The molecule has 0 bridgehead atoms. The molecule has 3 nitrogen and oxygen atoms in total. The predicted molar refractivity (Wildman–Crippen MR) is 125 cm³/mol. The normalized spacial score (nSPS) is 12.4. The van der Waals surface area contributed by atoms with E-state index in [4.69, 9.17) is 5.11 Å². The van der Waals surface area contributed by atoms with E-state index in [1.54, 1.807) is 0 Å². The van der Waals surface area contributed by atoms with Crippen molar-refractivity contribution in [2.75, 3.05) is 6.61 Å². The number of aliphatic hydroxyl groups excluding tert-OH is 2. The molecule has 0 aromatic heterocycles. The van der Waals surface area contributed by atoms with E-state index in [2.05, 4.69) is 6.92 Å². The summed E-state index contributed by atoms with van der Waals surface area (Å²) in [5.41, 5.74) is 0. The van der Waals surface area contributed by atoms with E-state index in [1.807, 2.05) is 0 Å². The molecule has 174 valence electrons. The Morgan fingerprint density at radius 3 is 1.41 bits per heavy atom. The van der Waals surface area contributed by atoms with E-state index in [0.717, 1.165) is 32.1 Å². The predicted octanol–water partition coefficient (Wildman–Crippen LogP) is 7.51. The Balaban J connectivity index is 3.20. The van der Waals surface area contributed by atoms with E-state index in [9.17, 15) is 9.90 Å². The highest BCUT2D eigenvalue weighted by atomic mass is 16.3. The zero-order valence-corrected chi connectivity index (χ0v) is 19.6. The monoisotopic (exact) mass is 412 g/mol. The van der Waals surface area contributed by atoms with Gasteiger partial charge in [0.25, 0.3) is 0 Å². The van der Waals surface area contributed by atoms with Crippen molar-refractivity contribution < 1.29 is 15.0 Å². The van der Waals surface area contributed by atoms with Crippen LogP contribution in [0.15, 0.2) is 0 Å². The molecular formula is C26H52O3. The number of rotatable bonds is 24. The topological polar surface area (TPSA) is 57.5 Å². The Kier molecular flexibility index (Phi) is 23.5. The van der Waals surface area contributed by atoms with Crippen LogP contribution < -0.4 is 0 Å². The van der Waals surface area contributed by atoms with Crippen LogP contribution in [0.25, 0.3) is 0 Å². The van der Waals surface area contributed by atoms with Crippen molar-refractivity contribution in [2.45, 2.75) is 154 Å². The molecule has 0 saturated heterocycles. The van der Waals surface area contributed by atoms with Crippen molar-refractivity contribution in [2.24, 2.45) is 0 Å². The Hall–Kier alpha value is -0.410. The standard InChI is InChI=1S/C26H52O3/c1-2-3-4-5-6-7-8-9-10-11-13-16-20-25(28)21-17-14-12-15-18-22-26(29)23-19-24-27/h25,27-28H,2-24H2,1H3. The van der Waals surface area contributed by atoms with Gasteiger partial charge in [0.1, 0.15) is 5.78 Å². The number of carbonyl (C=O) groups is 1. The number of ketones is 1. The fourth-order valence-corrected chi connectivity index (χ4v) is 4.00. The highest BCUT2D eigenvalue weighted by Gasteiger charge is 2.04. The number of carbonyl (C=O) groups excluding carboxylic acids is 1. The van der Waals surface area contributed by atoms with Crippen LogP contribution in [0.1, 0.15) is 148 Å². The number of Topliss-reactive ketones (excluding diaryl/α,β-unsaturated/α-hetero) is 1. The van der Waals surface area contributed by atoms with Crippen molar-refractivity contribution in [1.82, 2.24) is 0 Å². The lowest BCUT2D eigenvalue weighted by Crippen LogP contribution is -2.06. The van der Waals surface area contributed by atoms with Gasteiger partial charge in [-0.3, -0.25) is 4.79 Å². The van der Waals surface area contributed by atoms with Gasteiger partial charge in [-0.2, -0.15) is 0 Å². The first-order valence-electron chi connectivity index (χ1n) is 13.0. The van der Waals surface area contributed by atoms with Gasteiger partial charge in [-0.05, 0) is 25.7 Å². The molecule has 0 aliphatic rings. The number of hydrogen-bond donors (Lipinski definition) is 2. The van der Waals surface area contributed by atoms with Crippen LogP contribution in [-0.2, 0) is 4.79 Å². The van der Waals surface area contributed by atoms with Gasteiger partial charge in [0.05, 0.1) is 6.10 Å². The maximum Gasteiger partial charge on any atom is 0.132 e. The Labute approximate surface area is 182 Å². The largest absolute Gasteiger partial charge is 0.396 e. The summed E-state index contributed by atoms with van der Waals surface area (Å²) in [5, 5.41) is 18.8. The molecule has 1 atom stereocenters. The summed E-state index contributed by atoms with van der Waals surface area (Å²) in [6, 6.07) is 0. The average molecular weight is 413 g/mol. The molecule has 0 aliphatic carbocycles. The van der Waals surface area contributed by atoms with Gasteiger partial charge in [-0.25, -0.2) is 0 Å². The van der Waals surface area contributed by atoms with Crippen molar-refractivity contribution >= 4 is 5.78 Å². The minimum absolute atomic E-state index is 0.113. The van der Waals surface area contributed by atoms with Crippen LogP contribution in [0.3, 0.4) is 0 Å². The van der Waals surface area contributed by atoms with Gasteiger partial charge < -0.3 is 10.2 Å². The average Bonchev–Trinajstić information content (AvgIpc) is 2.72. The fraction of sp³-hybridized carbons (Fsp3) is 0.962. The summed E-state index contributed by atoms with van der Waals surface area (Å²) in [7, 11) is 0. The number of unbranched alkanes of at least 4 members (excludes halogenated alkanes) is 15. The summed E-state index contributed by atoms with van der Waals surface area (Å²) < 4.78 is 0. The molecule has 0 fully saturated rings. The van der Waals surface area contributed by atoms with Crippen molar-refractivity contribution in [3.05, 3.63) is 0 Å². The molecule has 29 heavy (non-hydrogen) atoms. The first-order chi connectivity index (χ1) is 14.2. The van der Waals surface area contributed by atoms with Crippen LogP contribution >= 0.6 is 0 Å². The number of hydrogen-bond acceptors (Lipinski definition) is 3. The molecule has 0 rings (SSSR count). The molecule has 0 amide bonds. The van der Waals surface area contributed by atoms with Crippen molar-refractivity contribution in [3.63, 3.8) is 0 Å². The molecular weight excluding hydrogens is 360 g/mol. The smallest absolute Gasteiger partial charge is 0.132 e. The zero-order chi connectivity index (χ0) is 21.4. The summed E-state index contributed by atoms with van der Waals surface area (Å²) >= 11 is 0. The SMILES string of the molecule is CCCCCCCCCCCCCCC(O)CCCCCCCC(=O)CCCO. The molecule has 0 radical (unpaired) electrons.